The minimum Gasteiger partial charge on any atom is -0.497 e. The number of carbonyl (C=O) groups excluding carboxylic acids is 3. The molecule has 12 rings (SSSR count). The molecule has 3 amide bonds. The lowest BCUT2D eigenvalue weighted by atomic mass is 9.86. The van der Waals surface area contributed by atoms with Crippen LogP contribution in [0.1, 0.15) is 22.3 Å². The summed E-state index contributed by atoms with van der Waals surface area (Å²) in [5, 5.41) is 21.2. The van der Waals surface area contributed by atoms with Crippen molar-refractivity contribution in [1.82, 2.24) is 32.9 Å². The molecule has 30 heteroatoms. The van der Waals surface area contributed by atoms with E-state index in [4.69, 9.17) is 56.4 Å². The van der Waals surface area contributed by atoms with E-state index in [0.717, 1.165) is 0 Å². The Kier molecular flexibility index (Phi) is 19.5. The van der Waals surface area contributed by atoms with E-state index < -0.39 is 83.2 Å². The summed E-state index contributed by atoms with van der Waals surface area (Å²) in [6.45, 7) is 4.87. The van der Waals surface area contributed by atoms with Gasteiger partial charge >= 0.3 is 0 Å². The molecule has 9 aromatic carbocycles. The Morgan fingerprint density at radius 1 is 0.455 bits per heavy atom. The lowest BCUT2D eigenvalue weighted by Gasteiger charge is -2.41. The van der Waals surface area contributed by atoms with Gasteiger partial charge in [0.15, 0.2) is 0 Å². The van der Waals surface area contributed by atoms with E-state index in [2.05, 4.69) is 31.2 Å². The number of nitrogens with zero attached hydrogens (tertiary/aromatic N) is 6. The third-order valence-electron chi connectivity index (χ3n) is 16.3. The van der Waals surface area contributed by atoms with Gasteiger partial charge in [0.2, 0.25) is 29.8 Å². The number of carbonyl (C=O) groups is 3. The molecule has 3 unspecified atom stereocenters. The van der Waals surface area contributed by atoms with Gasteiger partial charge in [0.25, 0.3) is 53.4 Å². The predicted molar refractivity (Wildman–Crippen MR) is 377 cm³/mol. The molecule has 25 nitrogen and oxygen atoms in total. The van der Waals surface area contributed by atoms with Crippen LogP contribution in [0.4, 0.5) is 11.4 Å². The molecule has 0 saturated heterocycles. The molecule has 12 aromatic rings. The van der Waals surface area contributed by atoms with Gasteiger partial charge in [-0.1, -0.05) is 107 Å². The molecule has 0 saturated carbocycles. The van der Waals surface area contributed by atoms with Crippen LogP contribution in [0.25, 0.3) is 32.7 Å². The number of methoxy groups -OCH3 is 4. The number of ether oxygens (including phenoxy) is 7. The fourth-order valence-corrected chi connectivity index (χ4v) is 15.2. The maximum Gasteiger partial charge on any atom is 0.283 e. The van der Waals surface area contributed by atoms with Gasteiger partial charge in [0.05, 0.1) is 86.5 Å². The van der Waals surface area contributed by atoms with E-state index in [1.54, 1.807) is 87.5 Å². The van der Waals surface area contributed by atoms with Crippen LogP contribution < -0.4 is 49.1 Å². The molecule has 3 heterocycles. The Bertz CT molecular complexity index is 5530. The molecule has 101 heavy (non-hydrogen) atoms. The van der Waals surface area contributed by atoms with Gasteiger partial charge in [-0.2, -0.15) is 25.3 Å². The number of fused-ring (bicyclic) bond motifs is 3. The van der Waals surface area contributed by atoms with Crippen molar-refractivity contribution in [1.29, 1.82) is 0 Å². The first kappa shape index (κ1) is 69.7. The number of amides is 3. The molecule has 0 radical (unpaired) electrons. The first-order valence-corrected chi connectivity index (χ1v) is 35.7. The number of halogens is 2. The van der Waals surface area contributed by atoms with Crippen LogP contribution in [0.5, 0.6) is 40.6 Å². The lowest BCUT2D eigenvalue weighted by molar-refractivity contribution is -0.169. The van der Waals surface area contributed by atoms with Gasteiger partial charge in [-0.25, -0.2) is 0 Å². The number of nitrogens with one attached hydrogen (secondary N) is 3. The van der Waals surface area contributed by atoms with Crippen LogP contribution in [0, 0.1) is 20.8 Å². The highest BCUT2D eigenvalue weighted by molar-refractivity contribution is 7.90. The van der Waals surface area contributed by atoms with E-state index >= 15 is 39.6 Å². The Labute approximate surface area is 589 Å². The molecule has 3 atom stereocenters. The van der Waals surface area contributed by atoms with Crippen LogP contribution in [0.2, 0.25) is 10.0 Å². The zero-order valence-electron chi connectivity index (χ0n) is 54.6. The number of anilines is 2. The average molecular weight is 1460 g/mol. The Morgan fingerprint density at radius 2 is 0.851 bits per heavy atom. The number of rotatable bonds is 25. The fraction of sp³-hybridized carbons (Fsp3) is 0.155. The van der Waals surface area contributed by atoms with Gasteiger partial charge in [-0.15, -0.1) is 27.6 Å². The monoisotopic (exact) mass is 1460 g/mol. The van der Waals surface area contributed by atoms with Crippen molar-refractivity contribution in [2.75, 3.05) is 39.1 Å². The van der Waals surface area contributed by atoms with Crippen LogP contribution in [0.3, 0.4) is 0 Å². The second-order valence-electron chi connectivity index (χ2n) is 22.9. The predicted octanol–water partition coefficient (Wildman–Crippen LogP) is 11.3. The summed E-state index contributed by atoms with van der Waals surface area (Å²) in [6.07, 6.45) is -5.77. The Balaban J connectivity index is 1.23. The maximum atomic E-state index is 17.4. The van der Waals surface area contributed by atoms with Crippen molar-refractivity contribution >= 4 is 115 Å². The van der Waals surface area contributed by atoms with Crippen LogP contribution in [0.15, 0.2) is 215 Å². The normalized spacial score (nSPS) is 13.0. The molecule has 518 valence electrons. The largest absolute Gasteiger partial charge is 0.497 e. The van der Waals surface area contributed by atoms with Gasteiger partial charge < -0.3 is 49.1 Å². The van der Waals surface area contributed by atoms with Crippen molar-refractivity contribution in [2.24, 2.45) is 0 Å². The molecule has 3 N–H and O–H groups in total. The summed E-state index contributed by atoms with van der Waals surface area (Å²) in [5.74, 6) is -6.21. The highest BCUT2D eigenvalue weighted by Crippen LogP contribution is 2.43. The average Bonchev–Trinajstić information content (AvgIpc) is 1.70. The van der Waals surface area contributed by atoms with E-state index in [1.807, 2.05) is 0 Å². The third kappa shape index (κ3) is 13.7. The summed E-state index contributed by atoms with van der Waals surface area (Å²) in [5.41, 5.74) is -2.10. The minimum atomic E-state index is -4.85. The van der Waals surface area contributed by atoms with Crippen LogP contribution in [-0.2, 0) is 51.0 Å². The van der Waals surface area contributed by atoms with E-state index in [0.29, 0.717) is 40.3 Å². The zero-order chi connectivity index (χ0) is 71.7. The van der Waals surface area contributed by atoms with Crippen molar-refractivity contribution in [3.8, 4) is 40.6 Å². The summed E-state index contributed by atoms with van der Waals surface area (Å²) >= 11 is 13.5. The molecular formula is C71H61Cl2N9O16S3. The second-order valence-corrected chi connectivity index (χ2v) is 29.1. The van der Waals surface area contributed by atoms with Crippen molar-refractivity contribution < 1.29 is 72.8 Å². The van der Waals surface area contributed by atoms with E-state index in [1.165, 1.54) is 162 Å². The number of aryl methyl sites for hydroxylation is 3. The number of hydrogen-bond donors (Lipinski definition) is 3. The van der Waals surface area contributed by atoms with E-state index in [-0.39, 0.29) is 92.6 Å². The molecular weight excluding hydrogens is 1400 g/mol. The molecule has 0 fully saturated rings. The first-order valence-electron chi connectivity index (χ1n) is 30.6. The van der Waals surface area contributed by atoms with Crippen molar-refractivity contribution in [3.05, 3.63) is 232 Å². The van der Waals surface area contributed by atoms with Gasteiger partial charge in [-0.05, 0) is 160 Å². The number of benzene rings is 9. The van der Waals surface area contributed by atoms with Crippen molar-refractivity contribution in [2.45, 2.75) is 59.8 Å². The zero-order valence-corrected chi connectivity index (χ0v) is 58.6. The molecule has 3 aromatic heterocycles. The van der Waals surface area contributed by atoms with Gasteiger partial charge in [-0.3, -0.25) is 14.4 Å². The van der Waals surface area contributed by atoms with Crippen molar-refractivity contribution in [3.63, 3.8) is 0 Å². The highest BCUT2D eigenvalue weighted by Gasteiger charge is 2.65. The molecule has 0 bridgehead atoms. The Morgan fingerprint density at radius 3 is 1.27 bits per heavy atom. The summed E-state index contributed by atoms with van der Waals surface area (Å²) in [6, 6.07) is 47.7. The molecule has 0 aliphatic carbocycles. The first-order chi connectivity index (χ1) is 48.4. The summed E-state index contributed by atoms with van der Waals surface area (Å²) in [4.78, 5) is 50.2. The fourth-order valence-electron chi connectivity index (χ4n) is 10.9. The molecule has 0 spiro atoms. The minimum absolute atomic E-state index is 0.0359. The van der Waals surface area contributed by atoms with Gasteiger partial charge in [0.1, 0.15) is 23.0 Å². The second kappa shape index (κ2) is 28.2. The summed E-state index contributed by atoms with van der Waals surface area (Å²) in [7, 11) is -9.02. The number of aromatic nitrogens is 6. The summed E-state index contributed by atoms with van der Waals surface area (Å²) < 4.78 is 137. The quantitative estimate of drug-likeness (QED) is 0.0479. The SMILES string of the molecule is COc1ccc(NC(=O)C(Oc2nn(S(=O)(=O)c3ccc(C)cc3)c3ccc(OC)cc23)C(Oc2nn(S(=O)(=O)c3ccc(C)cc3)c3ccc(OC)cc23)(C(=O)Nc2ccc(Cl)cc2Cl)C(Oc2nn(S(=O)(=O)c3ccc(C)cc3)c3ccc(OC)cc23)C(=O)NCc2ccccc2)cc1. The topological polar surface area (TPSA) is 308 Å². The molecule has 0 aliphatic rings. The maximum absolute atomic E-state index is 17.4. The smallest absolute Gasteiger partial charge is 0.283 e. The lowest BCUT2D eigenvalue weighted by Crippen LogP contribution is -2.73. The van der Waals surface area contributed by atoms with Crippen LogP contribution in [-0.4, -0.2) is 117 Å². The number of hydrogen-bond acceptors (Lipinski definition) is 19. The van der Waals surface area contributed by atoms with E-state index in [9.17, 15) is 0 Å². The Hall–Kier alpha value is -11.2. The van der Waals surface area contributed by atoms with Gasteiger partial charge in [0, 0.05) is 17.3 Å². The van der Waals surface area contributed by atoms with Crippen LogP contribution >= 0.6 is 23.2 Å². The third-order valence-corrected chi connectivity index (χ3v) is 21.6. The standard InChI is InChI=1S/C71H61Cl2N9O16S3/c1-42-13-27-52(28-14-42)99(86,87)80-60-34-24-49(93-5)38-55(60)67(77-80)96-63(65(83)74-41-45-11-9-8-10-12-45)71(70(85)76-59-33-19-46(72)37-58(59)73,98-69-57-40-51(95-7)26-36-62(57)82(79-69)101(90,91)54-31-17-44(3)18-32-54)64(66(84)75-47-20-22-48(92-4)23-21-47)97-68-56-39-50(94-6)25-35-61(56)81(78-68)100(88,89)53-29-15-43(2)16-30-53/h8-40,63-64H,41H2,1-7H3,(H,74,83)(H,75,84)(H,76,85). The highest BCUT2D eigenvalue weighted by atomic mass is 35.5. The molecule has 0 aliphatic heterocycles.